The Kier molecular flexibility index (Phi) is 4.61. The zero-order valence-electron chi connectivity index (χ0n) is 15.9. The van der Waals surface area contributed by atoms with Crippen molar-refractivity contribution < 1.29 is 9.59 Å². The minimum Gasteiger partial charge on any atom is -0.316 e. The van der Waals surface area contributed by atoms with Crippen molar-refractivity contribution in [1.29, 1.82) is 0 Å². The van der Waals surface area contributed by atoms with Crippen molar-refractivity contribution in [3.8, 4) is 0 Å². The van der Waals surface area contributed by atoms with E-state index in [9.17, 15) is 9.59 Å². The maximum atomic E-state index is 13.4. The van der Waals surface area contributed by atoms with Gasteiger partial charge in [0, 0.05) is 7.05 Å². The number of carbonyl (C=O) groups excluding carboxylic acids is 2. The minimum absolute atomic E-state index is 0.143. The fraction of sp³-hybridized carbons (Fsp3) is 0.130. The summed E-state index contributed by atoms with van der Waals surface area (Å²) in [6, 6.07) is 29.2. The minimum atomic E-state index is -3.11. The Morgan fingerprint density at radius 3 is 1.32 bits per heavy atom. The molecule has 3 aromatic carbocycles. The van der Waals surface area contributed by atoms with Crippen LogP contribution in [0, 0.1) is 0 Å². The molecule has 5 heteroatoms. The molecule has 0 saturated carbocycles. The van der Waals surface area contributed by atoms with Crippen molar-refractivity contribution in [3.63, 3.8) is 0 Å². The van der Waals surface area contributed by atoms with Gasteiger partial charge in [0.05, 0.1) is 0 Å². The number of amides is 3. The maximum Gasteiger partial charge on any atom is 0.319 e. The molecule has 1 atom stereocenters. The van der Waals surface area contributed by atoms with Crippen molar-refractivity contribution in [1.82, 2.24) is 9.47 Å². The number of carbonyl (C=O) groups is 2. The van der Waals surface area contributed by atoms with Crippen molar-refractivity contribution in [3.05, 3.63) is 91.0 Å². The number of likely N-dealkylation sites (N-methyl/N-ethyl adjacent to an activating group) is 1. The number of hydrogen-bond donors (Lipinski definition) is 0. The summed E-state index contributed by atoms with van der Waals surface area (Å²) < 4.78 is 1.57. The molecule has 1 unspecified atom stereocenters. The molecule has 0 aliphatic carbocycles. The van der Waals surface area contributed by atoms with Crippen LogP contribution in [0.15, 0.2) is 91.0 Å². The van der Waals surface area contributed by atoms with Crippen LogP contribution in [-0.4, -0.2) is 42.7 Å². The van der Waals surface area contributed by atoms with E-state index in [0.717, 1.165) is 15.6 Å². The summed E-state index contributed by atoms with van der Waals surface area (Å²) in [6.07, 6.45) is 0. The molecule has 0 spiro atoms. The molecule has 1 aliphatic rings. The standard InChI is InChI=1S/C23H22N2O2Si/c1-18-22(26)25(23(27)24(18)2)28(19-12-6-3-7-13-19,20-14-8-4-9-15-20)21-16-10-5-11-17-21/h3-18H,1-2H3. The van der Waals surface area contributed by atoms with Gasteiger partial charge in [0.15, 0.2) is 0 Å². The van der Waals surface area contributed by atoms with E-state index in [4.69, 9.17) is 0 Å². The first-order valence-corrected chi connectivity index (χ1v) is 11.3. The van der Waals surface area contributed by atoms with Crippen LogP contribution in [0.5, 0.6) is 0 Å². The fourth-order valence-corrected chi connectivity index (χ4v) is 8.77. The summed E-state index contributed by atoms with van der Waals surface area (Å²) in [5, 5.41) is 3.03. The second-order valence-electron chi connectivity index (χ2n) is 7.05. The molecule has 4 nitrogen and oxygen atoms in total. The van der Waals surface area contributed by atoms with Gasteiger partial charge in [-0.1, -0.05) is 91.0 Å². The van der Waals surface area contributed by atoms with Gasteiger partial charge in [0.2, 0.25) is 5.91 Å². The number of benzene rings is 3. The Morgan fingerprint density at radius 2 is 1.04 bits per heavy atom. The highest BCUT2D eigenvalue weighted by atomic mass is 28.3. The van der Waals surface area contributed by atoms with Crippen molar-refractivity contribution in [2.24, 2.45) is 0 Å². The van der Waals surface area contributed by atoms with Crippen LogP contribution in [-0.2, 0) is 4.79 Å². The van der Waals surface area contributed by atoms with Crippen LogP contribution >= 0.6 is 0 Å². The molecular formula is C23H22N2O2Si. The average Bonchev–Trinajstić information content (AvgIpc) is 2.95. The van der Waals surface area contributed by atoms with Crippen molar-refractivity contribution in [2.75, 3.05) is 7.05 Å². The first kappa shape index (κ1) is 18.2. The molecule has 28 heavy (non-hydrogen) atoms. The predicted octanol–water partition coefficient (Wildman–Crippen LogP) is 1.94. The quantitative estimate of drug-likeness (QED) is 0.391. The molecule has 0 bridgehead atoms. The van der Waals surface area contributed by atoms with Crippen LogP contribution in [0.1, 0.15) is 6.92 Å². The molecule has 0 aromatic heterocycles. The zero-order valence-corrected chi connectivity index (χ0v) is 16.9. The number of nitrogens with zero attached hydrogens (tertiary/aromatic N) is 2. The van der Waals surface area contributed by atoms with Crippen LogP contribution in [0.3, 0.4) is 0 Å². The molecular weight excluding hydrogens is 364 g/mol. The number of rotatable bonds is 4. The van der Waals surface area contributed by atoms with Crippen LogP contribution in [0.2, 0.25) is 0 Å². The lowest BCUT2D eigenvalue weighted by Gasteiger charge is -2.39. The second kappa shape index (κ2) is 7.09. The molecule has 1 saturated heterocycles. The van der Waals surface area contributed by atoms with Gasteiger partial charge in [-0.2, -0.15) is 0 Å². The maximum absolute atomic E-state index is 13.4. The largest absolute Gasteiger partial charge is 0.319 e. The highest BCUT2D eigenvalue weighted by Crippen LogP contribution is 2.23. The molecule has 1 heterocycles. The van der Waals surface area contributed by atoms with Gasteiger partial charge in [0.25, 0.3) is 8.24 Å². The van der Waals surface area contributed by atoms with E-state index in [1.807, 2.05) is 91.0 Å². The highest BCUT2D eigenvalue weighted by molar-refractivity contribution is 7.11. The first-order chi connectivity index (χ1) is 13.6. The smallest absolute Gasteiger partial charge is 0.316 e. The van der Waals surface area contributed by atoms with E-state index in [1.54, 1.807) is 23.4 Å². The number of hydrogen-bond acceptors (Lipinski definition) is 2. The van der Waals surface area contributed by atoms with Gasteiger partial charge < -0.3 is 4.90 Å². The Morgan fingerprint density at radius 1 is 0.679 bits per heavy atom. The third kappa shape index (κ3) is 2.59. The average molecular weight is 387 g/mol. The van der Waals surface area contributed by atoms with Gasteiger partial charge >= 0.3 is 6.03 Å². The van der Waals surface area contributed by atoms with Crippen molar-refractivity contribution >= 4 is 35.7 Å². The lowest BCUT2D eigenvalue weighted by molar-refractivity contribution is -0.124. The van der Waals surface area contributed by atoms with Gasteiger partial charge in [-0.15, -0.1) is 0 Å². The Balaban J connectivity index is 2.11. The lowest BCUT2D eigenvalue weighted by atomic mass is 10.3. The lowest BCUT2D eigenvalue weighted by Crippen LogP contribution is -2.78. The van der Waals surface area contributed by atoms with Crippen LogP contribution < -0.4 is 15.6 Å². The molecule has 3 amide bonds. The van der Waals surface area contributed by atoms with E-state index in [2.05, 4.69) is 0 Å². The Hall–Kier alpha value is -3.18. The topological polar surface area (TPSA) is 40.6 Å². The van der Waals surface area contributed by atoms with E-state index in [1.165, 1.54) is 0 Å². The second-order valence-corrected chi connectivity index (χ2v) is 10.7. The summed E-state index contributed by atoms with van der Waals surface area (Å²) >= 11 is 0. The van der Waals surface area contributed by atoms with Gasteiger partial charge in [-0.3, -0.25) is 9.36 Å². The summed E-state index contributed by atoms with van der Waals surface area (Å²) in [5.74, 6) is -0.143. The fourth-order valence-electron chi connectivity index (χ4n) is 4.00. The van der Waals surface area contributed by atoms with Crippen LogP contribution in [0.25, 0.3) is 0 Å². The van der Waals surface area contributed by atoms with Gasteiger partial charge in [0.1, 0.15) is 6.04 Å². The highest BCUT2D eigenvalue weighted by Gasteiger charge is 2.56. The molecule has 4 rings (SSSR count). The van der Waals surface area contributed by atoms with E-state index >= 15 is 0 Å². The SMILES string of the molecule is CC1C(=O)N([Si](c2ccccc2)(c2ccccc2)c2ccccc2)C(=O)N1C. The van der Waals surface area contributed by atoms with Crippen molar-refractivity contribution in [2.45, 2.75) is 13.0 Å². The molecule has 1 aliphatic heterocycles. The molecule has 3 aromatic rings. The molecule has 1 fully saturated rings. The van der Waals surface area contributed by atoms with E-state index < -0.39 is 14.3 Å². The third-order valence-corrected chi connectivity index (χ3v) is 10.2. The van der Waals surface area contributed by atoms with Crippen LogP contribution in [0.4, 0.5) is 4.79 Å². The summed E-state index contributed by atoms with van der Waals surface area (Å²) in [6.45, 7) is 1.79. The van der Waals surface area contributed by atoms with Gasteiger partial charge in [-0.25, -0.2) is 4.79 Å². The number of urea groups is 1. The summed E-state index contributed by atoms with van der Waals surface area (Å²) in [4.78, 5) is 28.3. The predicted molar refractivity (Wildman–Crippen MR) is 113 cm³/mol. The Bertz CT molecular complexity index is 876. The molecule has 140 valence electrons. The summed E-state index contributed by atoms with van der Waals surface area (Å²) in [5.41, 5.74) is 0. The first-order valence-electron chi connectivity index (χ1n) is 9.36. The van der Waals surface area contributed by atoms with Gasteiger partial charge in [-0.05, 0) is 22.5 Å². The monoisotopic (exact) mass is 386 g/mol. The summed E-state index contributed by atoms with van der Waals surface area (Å²) in [7, 11) is -1.41. The molecule has 0 N–H and O–H groups in total. The van der Waals surface area contributed by atoms with E-state index in [-0.39, 0.29) is 11.9 Å². The Labute approximate surface area is 166 Å². The third-order valence-electron chi connectivity index (χ3n) is 5.56. The normalized spacial score (nSPS) is 17.3. The zero-order chi connectivity index (χ0) is 19.7. The van der Waals surface area contributed by atoms with E-state index in [0.29, 0.717) is 0 Å². The molecule has 0 radical (unpaired) electrons. The number of imide groups is 1.